The fourth-order valence-corrected chi connectivity index (χ4v) is 2.25. The summed E-state index contributed by atoms with van der Waals surface area (Å²) < 4.78 is 0. The molecule has 5 heteroatoms. The Morgan fingerprint density at radius 3 is 2.94 bits per heavy atom. The lowest BCUT2D eigenvalue weighted by atomic mass is 10.4. The van der Waals surface area contributed by atoms with Crippen molar-refractivity contribution in [2.24, 2.45) is 0 Å². The minimum absolute atomic E-state index is 0.762. The fourth-order valence-electron chi connectivity index (χ4n) is 1.45. The van der Waals surface area contributed by atoms with Crippen molar-refractivity contribution in [3.8, 4) is 0 Å². The molecule has 0 bridgehead atoms. The number of thiazole rings is 1. The van der Waals surface area contributed by atoms with Gasteiger partial charge in [-0.15, -0.1) is 11.3 Å². The van der Waals surface area contributed by atoms with Gasteiger partial charge in [0.1, 0.15) is 10.8 Å². The predicted molar refractivity (Wildman–Crippen MR) is 72.6 cm³/mol. The van der Waals surface area contributed by atoms with Crippen molar-refractivity contribution >= 4 is 22.8 Å². The maximum absolute atomic E-state index is 4.37. The largest absolute Gasteiger partial charge is 0.378 e. The van der Waals surface area contributed by atoms with Gasteiger partial charge >= 0.3 is 0 Å². The quantitative estimate of drug-likeness (QED) is 0.854. The van der Waals surface area contributed by atoms with E-state index in [1.54, 1.807) is 17.5 Å². The van der Waals surface area contributed by atoms with Gasteiger partial charge < -0.3 is 10.6 Å². The van der Waals surface area contributed by atoms with E-state index in [4.69, 9.17) is 0 Å². The topological polar surface area (TPSA) is 49.8 Å². The molecule has 0 radical (unpaired) electrons. The SMILES string of the molecule is CCc1cnc(CNc2ccnc(NC)c2)s1. The van der Waals surface area contributed by atoms with Crippen LogP contribution in [0.4, 0.5) is 11.5 Å². The molecule has 0 aromatic carbocycles. The second-order valence-corrected chi connectivity index (χ2v) is 4.81. The molecule has 0 fully saturated rings. The van der Waals surface area contributed by atoms with Gasteiger partial charge in [0.2, 0.25) is 0 Å². The molecule has 4 nitrogen and oxygen atoms in total. The highest BCUT2D eigenvalue weighted by molar-refractivity contribution is 7.11. The Morgan fingerprint density at radius 1 is 1.35 bits per heavy atom. The molecular weight excluding hydrogens is 232 g/mol. The lowest BCUT2D eigenvalue weighted by Gasteiger charge is -2.05. The zero-order valence-corrected chi connectivity index (χ0v) is 10.8. The second kappa shape index (κ2) is 5.63. The molecule has 17 heavy (non-hydrogen) atoms. The Hall–Kier alpha value is -1.62. The van der Waals surface area contributed by atoms with Crippen molar-refractivity contribution in [3.63, 3.8) is 0 Å². The Kier molecular flexibility index (Phi) is 3.93. The van der Waals surface area contributed by atoms with Crippen LogP contribution in [0.1, 0.15) is 16.8 Å². The van der Waals surface area contributed by atoms with Crippen molar-refractivity contribution in [1.29, 1.82) is 0 Å². The third-order valence-electron chi connectivity index (χ3n) is 2.41. The molecule has 0 unspecified atom stereocenters. The highest BCUT2D eigenvalue weighted by atomic mass is 32.1. The monoisotopic (exact) mass is 248 g/mol. The van der Waals surface area contributed by atoms with Crippen molar-refractivity contribution < 1.29 is 0 Å². The molecule has 90 valence electrons. The van der Waals surface area contributed by atoms with Gasteiger partial charge in [0, 0.05) is 36.1 Å². The number of aryl methyl sites for hydroxylation is 1. The van der Waals surface area contributed by atoms with Gasteiger partial charge in [-0.1, -0.05) is 6.92 Å². The van der Waals surface area contributed by atoms with Gasteiger partial charge in [-0.05, 0) is 12.5 Å². The van der Waals surface area contributed by atoms with Gasteiger partial charge in [-0.2, -0.15) is 0 Å². The Bertz CT molecular complexity index is 481. The first kappa shape index (κ1) is 11.9. The predicted octanol–water partition coefficient (Wildman–Crippen LogP) is 2.75. The Morgan fingerprint density at radius 2 is 2.24 bits per heavy atom. The summed E-state index contributed by atoms with van der Waals surface area (Å²) in [6.07, 6.45) is 4.79. The van der Waals surface area contributed by atoms with E-state index in [1.807, 2.05) is 25.4 Å². The van der Waals surface area contributed by atoms with Crippen LogP contribution in [0.2, 0.25) is 0 Å². The van der Waals surface area contributed by atoms with Crippen LogP contribution < -0.4 is 10.6 Å². The molecule has 2 aromatic heterocycles. The van der Waals surface area contributed by atoms with Crippen molar-refractivity contribution in [1.82, 2.24) is 9.97 Å². The molecule has 0 amide bonds. The number of rotatable bonds is 5. The highest BCUT2D eigenvalue weighted by Crippen LogP contribution is 2.16. The number of pyridine rings is 1. The van der Waals surface area contributed by atoms with E-state index in [-0.39, 0.29) is 0 Å². The van der Waals surface area contributed by atoms with Crippen molar-refractivity contribution in [2.75, 3.05) is 17.7 Å². The molecule has 2 N–H and O–H groups in total. The van der Waals surface area contributed by atoms with E-state index < -0.39 is 0 Å². The van der Waals surface area contributed by atoms with Gasteiger partial charge in [-0.25, -0.2) is 9.97 Å². The average molecular weight is 248 g/mol. The van der Waals surface area contributed by atoms with E-state index >= 15 is 0 Å². The van der Waals surface area contributed by atoms with E-state index in [2.05, 4.69) is 27.5 Å². The summed E-state index contributed by atoms with van der Waals surface area (Å²) in [5.41, 5.74) is 1.05. The van der Waals surface area contributed by atoms with Crippen LogP contribution in [0.25, 0.3) is 0 Å². The number of nitrogens with one attached hydrogen (secondary N) is 2. The van der Waals surface area contributed by atoms with Crippen LogP contribution in [-0.2, 0) is 13.0 Å². The normalized spacial score (nSPS) is 10.2. The third kappa shape index (κ3) is 3.17. The van der Waals surface area contributed by atoms with E-state index in [1.165, 1.54) is 4.88 Å². The van der Waals surface area contributed by atoms with Crippen LogP contribution in [0, 0.1) is 0 Å². The van der Waals surface area contributed by atoms with Crippen molar-refractivity contribution in [3.05, 3.63) is 34.4 Å². The first-order valence-corrected chi connectivity index (χ1v) is 6.44. The number of hydrogen-bond donors (Lipinski definition) is 2. The standard InChI is InChI=1S/C12H16N4S/c1-3-10-7-16-12(17-10)8-15-9-4-5-14-11(6-9)13-2/h4-7H,3,8H2,1-2H3,(H2,13,14,15). The summed E-state index contributed by atoms with van der Waals surface area (Å²) in [7, 11) is 1.86. The molecule has 0 spiro atoms. The average Bonchev–Trinajstić information content (AvgIpc) is 2.84. The Balaban J connectivity index is 1.96. The lowest BCUT2D eigenvalue weighted by Crippen LogP contribution is -2.00. The maximum atomic E-state index is 4.37. The van der Waals surface area contributed by atoms with E-state index in [9.17, 15) is 0 Å². The summed E-state index contributed by atoms with van der Waals surface area (Å²) in [5.74, 6) is 0.864. The number of anilines is 2. The first-order valence-electron chi connectivity index (χ1n) is 5.63. The molecule has 2 rings (SSSR count). The van der Waals surface area contributed by atoms with Gasteiger partial charge in [-0.3, -0.25) is 0 Å². The lowest BCUT2D eigenvalue weighted by molar-refractivity contribution is 1.09. The number of aromatic nitrogens is 2. The first-order chi connectivity index (χ1) is 8.31. The summed E-state index contributed by atoms with van der Waals surface area (Å²) in [4.78, 5) is 9.86. The molecular formula is C12H16N4S. The molecule has 0 saturated carbocycles. The smallest absolute Gasteiger partial charge is 0.127 e. The molecule has 0 aliphatic heterocycles. The summed E-state index contributed by atoms with van der Waals surface area (Å²) in [6.45, 7) is 2.91. The van der Waals surface area contributed by atoms with Gasteiger partial charge in [0.15, 0.2) is 0 Å². The highest BCUT2D eigenvalue weighted by Gasteiger charge is 2.01. The van der Waals surface area contributed by atoms with Gasteiger partial charge in [0.25, 0.3) is 0 Å². The number of nitrogens with zero attached hydrogens (tertiary/aromatic N) is 2. The molecule has 0 atom stereocenters. The minimum Gasteiger partial charge on any atom is -0.378 e. The van der Waals surface area contributed by atoms with Crippen LogP contribution >= 0.6 is 11.3 Å². The summed E-state index contributed by atoms with van der Waals surface area (Å²) in [5, 5.41) is 7.47. The molecule has 2 aromatic rings. The molecule has 0 saturated heterocycles. The minimum atomic E-state index is 0.762. The van der Waals surface area contributed by atoms with Gasteiger partial charge in [0.05, 0.1) is 6.54 Å². The summed E-state index contributed by atoms with van der Waals surface area (Å²) in [6, 6.07) is 3.93. The molecule has 0 aliphatic carbocycles. The third-order valence-corrected chi connectivity index (χ3v) is 3.55. The molecule has 2 heterocycles. The van der Waals surface area contributed by atoms with E-state index in [0.717, 1.165) is 29.5 Å². The Labute approximate surface area is 105 Å². The fraction of sp³-hybridized carbons (Fsp3) is 0.333. The molecule has 0 aliphatic rings. The van der Waals surface area contributed by atoms with Crippen LogP contribution in [0.3, 0.4) is 0 Å². The number of hydrogen-bond acceptors (Lipinski definition) is 5. The van der Waals surface area contributed by atoms with E-state index in [0.29, 0.717) is 0 Å². The second-order valence-electron chi connectivity index (χ2n) is 3.61. The maximum Gasteiger partial charge on any atom is 0.127 e. The zero-order valence-electron chi connectivity index (χ0n) is 10.0. The van der Waals surface area contributed by atoms with Crippen LogP contribution in [0.15, 0.2) is 24.5 Å². The van der Waals surface area contributed by atoms with Crippen LogP contribution in [-0.4, -0.2) is 17.0 Å². The van der Waals surface area contributed by atoms with Crippen molar-refractivity contribution in [2.45, 2.75) is 19.9 Å². The zero-order chi connectivity index (χ0) is 12.1. The summed E-state index contributed by atoms with van der Waals surface area (Å²) >= 11 is 1.76. The van der Waals surface area contributed by atoms with Crippen LogP contribution in [0.5, 0.6) is 0 Å².